The number of rotatable bonds is 7. The highest BCUT2D eigenvalue weighted by Crippen LogP contribution is 2.41. The van der Waals surface area contributed by atoms with E-state index in [-0.39, 0.29) is 12.0 Å². The third-order valence-electron chi connectivity index (χ3n) is 5.80. The highest BCUT2D eigenvalue weighted by atomic mass is 16.8. The van der Waals surface area contributed by atoms with Crippen LogP contribution in [0.25, 0.3) is 0 Å². The lowest BCUT2D eigenvalue weighted by Crippen LogP contribution is -2.60. The fourth-order valence-corrected chi connectivity index (χ4v) is 4.07. The van der Waals surface area contributed by atoms with E-state index in [0.717, 1.165) is 19.3 Å². The number of hydrogen-bond donors (Lipinski definition) is 4. The molecule has 0 unspecified atom stereocenters. The molecule has 2 fully saturated rings. The molecule has 3 rings (SSSR count). The normalized spacial score (nSPS) is 42.3. The zero-order chi connectivity index (χ0) is 21.1. The number of ether oxygens (including phenoxy) is 4. The molecule has 4 N–H and O–H groups in total. The van der Waals surface area contributed by atoms with Crippen LogP contribution in [0.3, 0.4) is 0 Å². The first-order valence-corrected chi connectivity index (χ1v) is 10.1. The van der Waals surface area contributed by atoms with Gasteiger partial charge in [-0.2, -0.15) is 0 Å². The Morgan fingerprint density at radius 3 is 2.66 bits per heavy atom. The molecule has 0 spiro atoms. The molecule has 0 aromatic carbocycles. The number of fused-ring (bicyclic) bond motifs is 1. The number of aliphatic hydroxyl groups excluding tert-OH is 4. The predicted molar refractivity (Wildman–Crippen MR) is 99.0 cm³/mol. The van der Waals surface area contributed by atoms with Crippen LogP contribution in [0, 0.1) is 11.8 Å². The van der Waals surface area contributed by atoms with E-state index in [0.29, 0.717) is 12.0 Å². The van der Waals surface area contributed by atoms with E-state index in [1.165, 1.54) is 6.26 Å². The van der Waals surface area contributed by atoms with Crippen molar-refractivity contribution in [3.05, 3.63) is 24.5 Å². The Morgan fingerprint density at radius 1 is 1.24 bits per heavy atom. The maximum absolute atomic E-state index is 12.4. The Bertz CT molecular complexity index is 619. The SMILES string of the molecule is C=C[C@H]1[C@H](O[C@@H]2O[C@H](CO)[C@@H](O)[C@H](O)[C@H]2O)OC=C2C(=O)O[C@H](CCCC)C[C@H]21. The van der Waals surface area contributed by atoms with Crippen molar-refractivity contribution in [2.24, 2.45) is 11.8 Å². The van der Waals surface area contributed by atoms with Crippen LogP contribution >= 0.6 is 0 Å². The van der Waals surface area contributed by atoms with Gasteiger partial charge in [-0.25, -0.2) is 4.79 Å². The minimum atomic E-state index is -1.55. The molecule has 164 valence electrons. The van der Waals surface area contributed by atoms with Crippen molar-refractivity contribution in [2.45, 2.75) is 75.7 Å². The molecule has 0 bridgehead atoms. The van der Waals surface area contributed by atoms with Gasteiger partial charge in [0.25, 0.3) is 0 Å². The molecular formula is C20H30O9. The van der Waals surface area contributed by atoms with E-state index in [1.807, 2.05) is 0 Å². The molecule has 0 saturated carbocycles. The van der Waals surface area contributed by atoms with Gasteiger partial charge < -0.3 is 39.4 Å². The first kappa shape index (κ1) is 22.2. The Labute approximate surface area is 169 Å². The molecule has 3 aliphatic heterocycles. The summed E-state index contributed by atoms with van der Waals surface area (Å²) in [6, 6.07) is 0. The average Bonchev–Trinajstić information content (AvgIpc) is 2.72. The molecule has 9 heteroatoms. The third-order valence-corrected chi connectivity index (χ3v) is 5.80. The summed E-state index contributed by atoms with van der Waals surface area (Å²) in [5.74, 6) is -1.06. The molecule has 0 aromatic heterocycles. The molecule has 3 heterocycles. The van der Waals surface area contributed by atoms with E-state index < -0.39 is 55.5 Å². The summed E-state index contributed by atoms with van der Waals surface area (Å²) in [5.41, 5.74) is 0.413. The average molecular weight is 414 g/mol. The molecular weight excluding hydrogens is 384 g/mol. The maximum Gasteiger partial charge on any atom is 0.337 e. The molecule has 2 saturated heterocycles. The smallest absolute Gasteiger partial charge is 0.337 e. The first-order valence-electron chi connectivity index (χ1n) is 10.1. The van der Waals surface area contributed by atoms with Crippen LogP contribution in [-0.4, -0.2) is 76.1 Å². The van der Waals surface area contributed by atoms with E-state index in [2.05, 4.69) is 13.5 Å². The van der Waals surface area contributed by atoms with Gasteiger partial charge in [0.1, 0.15) is 30.5 Å². The molecule has 29 heavy (non-hydrogen) atoms. The Morgan fingerprint density at radius 2 is 2.00 bits per heavy atom. The van der Waals surface area contributed by atoms with Gasteiger partial charge in [0, 0.05) is 11.8 Å². The van der Waals surface area contributed by atoms with Gasteiger partial charge >= 0.3 is 5.97 Å². The van der Waals surface area contributed by atoms with Crippen LogP contribution in [-0.2, 0) is 23.7 Å². The second-order valence-corrected chi connectivity index (χ2v) is 7.74. The number of hydrogen-bond acceptors (Lipinski definition) is 9. The molecule has 0 radical (unpaired) electrons. The maximum atomic E-state index is 12.4. The first-order chi connectivity index (χ1) is 13.9. The van der Waals surface area contributed by atoms with Crippen molar-refractivity contribution in [3.63, 3.8) is 0 Å². The summed E-state index contributed by atoms with van der Waals surface area (Å²) in [4.78, 5) is 12.4. The van der Waals surface area contributed by atoms with Crippen LogP contribution in [0.1, 0.15) is 32.6 Å². The van der Waals surface area contributed by atoms with Gasteiger partial charge in [-0.1, -0.05) is 25.8 Å². The van der Waals surface area contributed by atoms with Crippen LogP contribution in [0.5, 0.6) is 0 Å². The number of carbonyl (C=O) groups is 1. The zero-order valence-corrected chi connectivity index (χ0v) is 16.4. The number of carbonyl (C=O) groups excluding carboxylic acids is 1. The van der Waals surface area contributed by atoms with Gasteiger partial charge in [-0.3, -0.25) is 0 Å². The summed E-state index contributed by atoms with van der Waals surface area (Å²) in [6.45, 7) is 5.35. The standard InChI is InChI=1S/C20H30O9/c1-3-5-6-10-7-12-11(4-2)19(26-9-13(12)18(25)27-10)29-20-17(24)16(23)15(22)14(8-21)28-20/h4,9-12,14-17,19-24H,2-3,5-8H2,1H3/t10-,11-,12+,14-,15-,16+,17-,19+,20+/m1/s1. The lowest BCUT2D eigenvalue weighted by Gasteiger charge is -2.44. The van der Waals surface area contributed by atoms with Crippen molar-refractivity contribution in [2.75, 3.05) is 6.61 Å². The van der Waals surface area contributed by atoms with Gasteiger partial charge in [0.2, 0.25) is 6.29 Å². The summed E-state index contributed by atoms with van der Waals surface area (Å²) in [7, 11) is 0. The van der Waals surface area contributed by atoms with E-state index >= 15 is 0 Å². The fraction of sp³-hybridized carbons (Fsp3) is 0.750. The molecule has 3 aliphatic rings. The highest BCUT2D eigenvalue weighted by Gasteiger charge is 2.48. The van der Waals surface area contributed by atoms with E-state index in [9.17, 15) is 25.2 Å². The number of cyclic esters (lactones) is 1. The topological polar surface area (TPSA) is 135 Å². The lowest BCUT2D eigenvalue weighted by molar-refractivity contribution is -0.339. The number of esters is 1. The van der Waals surface area contributed by atoms with Crippen molar-refractivity contribution >= 4 is 5.97 Å². The van der Waals surface area contributed by atoms with Gasteiger partial charge in [-0.05, 0) is 12.8 Å². The minimum Gasteiger partial charge on any atom is -0.471 e. The third kappa shape index (κ3) is 4.50. The summed E-state index contributed by atoms with van der Waals surface area (Å²) >= 11 is 0. The van der Waals surface area contributed by atoms with Crippen LogP contribution in [0.4, 0.5) is 0 Å². The zero-order valence-electron chi connectivity index (χ0n) is 16.4. The predicted octanol–water partition coefficient (Wildman–Crippen LogP) is -0.0328. The monoisotopic (exact) mass is 414 g/mol. The Kier molecular flexibility index (Phi) is 7.31. The lowest BCUT2D eigenvalue weighted by atomic mass is 9.78. The number of aliphatic hydroxyl groups is 4. The quantitative estimate of drug-likeness (QED) is 0.334. The largest absolute Gasteiger partial charge is 0.471 e. The van der Waals surface area contributed by atoms with E-state index in [4.69, 9.17) is 18.9 Å². The Balaban J connectivity index is 1.74. The fourth-order valence-electron chi connectivity index (χ4n) is 4.07. The van der Waals surface area contributed by atoms with Crippen molar-refractivity contribution in [1.82, 2.24) is 0 Å². The second-order valence-electron chi connectivity index (χ2n) is 7.74. The van der Waals surface area contributed by atoms with Gasteiger partial charge in [0.05, 0.1) is 18.4 Å². The Hall–Kier alpha value is -1.49. The van der Waals surface area contributed by atoms with Crippen molar-refractivity contribution < 1.29 is 44.2 Å². The van der Waals surface area contributed by atoms with Crippen molar-refractivity contribution in [3.8, 4) is 0 Å². The minimum absolute atomic E-state index is 0.196. The second kappa shape index (κ2) is 9.55. The summed E-state index contributed by atoms with van der Waals surface area (Å²) in [5, 5.41) is 39.4. The summed E-state index contributed by atoms with van der Waals surface area (Å²) < 4.78 is 22.2. The van der Waals surface area contributed by atoms with E-state index in [1.54, 1.807) is 6.08 Å². The van der Waals surface area contributed by atoms with Gasteiger partial charge in [-0.15, -0.1) is 6.58 Å². The molecule has 0 aromatic rings. The summed E-state index contributed by atoms with van der Waals surface area (Å²) in [6.07, 6.45) is -1.86. The van der Waals surface area contributed by atoms with Gasteiger partial charge in [0.15, 0.2) is 6.29 Å². The molecule has 0 amide bonds. The molecule has 0 aliphatic carbocycles. The van der Waals surface area contributed by atoms with Crippen molar-refractivity contribution in [1.29, 1.82) is 0 Å². The molecule has 9 atom stereocenters. The molecule has 9 nitrogen and oxygen atoms in total. The van der Waals surface area contributed by atoms with Crippen LogP contribution in [0.15, 0.2) is 24.5 Å². The van der Waals surface area contributed by atoms with Crippen LogP contribution in [0.2, 0.25) is 0 Å². The van der Waals surface area contributed by atoms with Crippen LogP contribution < -0.4 is 0 Å². The highest BCUT2D eigenvalue weighted by molar-refractivity contribution is 5.90. The number of unbranched alkanes of at least 4 members (excludes halogenated alkanes) is 1.